The monoisotopic (exact) mass is 331 g/mol. The number of hydrogen-bond donors (Lipinski definition) is 2. The van der Waals surface area contributed by atoms with Crippen LogP contribution in [0.1, 0.15) is 18.7 Å². The molecule has 1 aromatic heterocycles. The Kier molecular flexibility index (Phi) is 2.70. The predicted octanol–water partition coefficient (Wildman–Crippen LogP) is 3.09. The van der Waals surface area contributed by atoms with E-state index in [1.54, 1.807) is 6.07 Å². The van der Waals surface area contributed by atoms with Crippen LogP contribution < -0.4 is 5.32 Å². The highest BCUT2D eigenvalue weighted by Crippen LogP contribution is 2.56. The Bertz CT molecular complexity index is 590. The van der Waals surface area contributed by atoms with E-state index in [1.165, 1.54) is 12.5 Å². The van der Waals surface area contributed by atoms with Crippen LogP contribution in [0.25, 0.3) is 11.0 Å². The average molecular weight is 333 g/mol. The molecule has 0 unspecified atom stereocenters. The molecule has 2 aliphatic rings. The number of aromatic amines is 1. The van der Waals surface area contributed by atoms with Gasteiger partial charge in [-0.2, -0.15) is 0 Å². The smallest absolute Gasteiger partial charge is 0.139 e. The number of fused-ring (bicyclic) bond motifs is 2. The second-order valence-corrected chi connectivity index (χ2v) is 5.81. The summed E-state index contributed by atoms with van der Waals surface area (Å²) < 4.78 is 13.9. The van der Waals surface area contributed by atoms with Crippen LogP contribution in [0.15, 0.2) is 16.6 Å². The minimum Gasteiger partial charge on any atom is -0.340 e. The maximum Gasteiger partial charge on any atom is 0.139 e. The van der Waals surface area contributed by atoms with Gasteiger partial charge in [0.05, 0.1) is 21.0 Å². The summed E-state index contributed by atoms with van der Waals surface area (Å²) in [4.78, 5) is 7.85. The van der Waals surface area contributed by atoms with Crippen molar-refractivity contribution >= 4 is 39.4 Å². The normalized spacial score (nSPS) is 29.1. The molecule has 0 bridgehead atoms. The van der Waals surface area contributed by atoms with E-state index in [4.69, 9.17) is 0 Å². The highest BCUT2D eigenvalue weighted by Gasteiger charge is 2.60. The van der Waals surface area contributed by atoms with Crippen LogP contribution in [0.3, 0.4) is 0 Å². The van der Waals surface area contributed by atoms with Gasteiger partial charge >= 0.3 is 0 Å². The van der Waals surface area contributed by atoms with Gasteiger partial charge in [-0.1, -0.05) is 0 Å². The van der Waals surface area contributed by atoms with Crippen LogP contribution in [0.4, 0.5) is 4.39 Å². The van der Waals surface area contributed by atoms with E-state index < -0.39 is 0 Å². The first kappa shape index (κ1) is 12.4. The molecule has 2 heterocycles. The Hall–Kier alpha value is -0.650. The molecule has 0 spiro atoms. The summed E-state index contributed by atoms with van der Waals surface area (Å²) in [5.41, 5.74) is 1.65. The summed E-state index contributed by atoms with van der Waals surface area (Å²) in [5.74, 6) is 1.42. The van der Waals surface area contributed by atoms with Crippen molar-refractivity contribution in [3.8, 4) is 0 Å². The summed E-state index contributed by atoms with van der Waals surface area (Å²) in [6.45, 7) is 1.06. The third-order valence-electron chi connectivity index (χ3n) is 3.98. The average Bonchev–Trinajstić information content (AvgIpc) is 2.70. The fraction of sp³-hybridized carbons (Fsp3) is 0.417. The number of hydrogen-bond acceptors (Lipinski definition) is 2. The second-order valence-electron chi connectivity index (χ2n) is 4.96. The molecule has 1 aliphatic carbocycles. The number of imidazole rings is 1. The number of rotatable bonds is 1. The van der Waals surface area contributed by atoms with E-state index in [-0.39, 0.29) is 23.8 Å². The zero-order valence-corrected chi connectivity index (χ0v) is 11.9. The molecule has 4 rings (SSSR count). The Morgan fingerprint density at radius 2 is 2.28 bits per heavy atom. The highest BCUT2D eigenvalue weighted by molar-refractivity contribution is 9.10. The fourth-order valence-electron chi connectivity index (χ4n) is 2.95. The molecular weight excluding hydrogens is 321 g/mol. The summed E-state index contributed by atoms with van der Waals surface area (Å²) >= 11 is 3.19. The molecular formula is C12H12BrClFN3. The molecule has 2 atom stereocenters. The van der Waals surface area contributed by atoms with Gasteiger partial charge in [0.25, 0.3) is 0 Å². The summed E-state index contributed by atoms with van der Waals surface area (Å²) in [7, 11) is 0. The molecule has 2 fully saturated rings. The van der Waals surface area contributed by atoms with Crippen molar-refractivity contribution in [2.45, 2.75) is 18.4 Å². The lowest BCUT2D eigenvalue weighted by Crippen LogP contribution is -2.26. The van der Waals surface area contributed by atoms with Crippen molar-refractivity contribution in [3.05, 3.63) is 28.2 Å². The van der Waals surface area contributed by atoms with Gasteiger partial charge in [-0.15, -0.1) is 12.4 Å². The van der Waals surface area contributed by atoms with Crippen molar-refractivity contribution in [2.24, 2.45) is 5.92 Å². The number of piperidine rings is 1. The first-order valence-corrected chi connectivity index (χ1v) is 6.59. The van der Waals surface area contributed by atoms with Crippen LogP contribution in [-0.4, -0.2) is 16.5 Å². The number of aromatic nitrogens is 2. The van der Waals surface area contributed by atoms with Gasteiger partial charge in [-0.25, -0.2) is 9.37 Å². The number of benzene rings is 1. The minimum absolute atomic E-state index is 0. The SMILES string of the molecule is Cl.Fc1cc2[nH]c([C@]34C[C@H]3CCN4)nc2cc1Br. The zero-order valence-electron chi connectivity index (χ0n) is 9.46. The maximum absolute atomic E-state index is 13.4. The van der Waals surface area contributed by atoms with Gasteiger partial charge < -0.3 is 10.3 Å². The zero-order chi connectivity index (χ0) is 11.6. The van der Waals surface area contributed by atoms with Crippen molar-refractivity contribution in [2.75, 3.05) is 6.54 Å². The van der Waals surface area contributed by atoms with Crippen molar-refractivity contribution in [3.63, 3.8) is 0 Å². The fourth-order valence-corrected chi connectivity index (χ4v) is 3.29. The topological polar surface area (TPSA) is 40.7 Å². The molecule has 6 heteroatoms. The van der Waals surface area contributed by atoms with Crippen molar-refractivity contribution in [1.29, 1.82) is 0 Å². The van der Waals surface area contributed by atoms with E-state index in [0.29, 0.717) is 10.4 Å². The Labute approximate surface area is 118 Å². The molecule has 1 aliphatic heterocycles. The van der Waals surface area contributed by atoms with Crippen LogP contribution in [0, 0.1) is 11.7 Å². The van der Waals surface area contributed by atoms with E-state index in [0.717, 1.165) is 29.8 Å². The van der Waals surface area contributed by atoms with Crippen LogP contribution in [0.2, 0.25) is 0 Å². The maximum atomic E-state index is 13.4. The van der Waals surface area contributed by atoms with Crippen molar-refractivity contribution in [1.82, 2.24) is 15.3 Å². The number of H-pyrrole nitrogens is 1. The van der Waals surface area contributed by atoms with Gasteiger partial charge in [-0.3, -0.25) is 0 Å². The van der Waals surface area contributed by atoms with Crippen molar-refractivity contribution < 1.29 is 4.39 Å². The molecule has 2 N–H and O–H groups in total. The second kappa shape index (κ2) is 3.92. The molecule has 96 valence electrons. The summed E-state index contributed by atoms with van der Waals surface area (Å²) in [6.07, 6.45) is 2.37. The Balaban J connectivity index is 0.000001000. The van der Waals surface area contributed by atoms with E-state index in [2.05, 4.69) is 31.2 Å². The molecule has 0 radical (unpaired) electrons. The lowest BCUT2D eigenvalue weighted by Gasteiger charge is -2.08. The quantitative estimate of drug-likeness (QED) is 0.842. The third kappa shape index (κ3) is 1.54. The summed E-state index contributed by atoms with van der Waals surface area (Å²) in [6, 6.07) is 3.23. The van der Waals surface area contributed by atoms with Gasteiger partial charge in [0, 0.05) is 6.07 Å². The number of nitrogens with zero attached hydrogens (tertiary/aromatic N) is 1. The van der Waals surface area contributed by atoms with E-state index in [9.17, 15) is 4.39 Å². The van der Waals surface area contributed by atoms with Crippen LogP contribution in [-0.2, 0) is 5.54 Å². The Morgan fingerprint density at radius 3 is 2.94 bits per heavy atom. The van der Waals surface area contributed by atoms with Gasteiger partial charge in [-0.05, 0) is 47.3 Å². The lowest BCUT2D eigenvalue weighted by atomic mass is 10.2. The Morgan fingerprint density at radius 1 is 1.44 bits per heavy atom. The molecule has 0 amide bonds. The minimum atomic E-state index is -0.253. The van der Waals surface area contributed by atoms with Crippen LogP contribution in [0.5, 0.6) is 0 Å². The highest BCUT2D eigenvalue weighted by atomic mass is 79.9. The molecule has 1 aromatic carbocycles. The first-order valence-electron chi connectivity index (χ1n) is 5.79. The molecule has 1 saturated carbocycles. The van der Waals surface area contributed by atoms with Crippen LogP contribution >= 0.6 is 28.3 Å². The molecule has 3 nitrogen and oxygen atoms in total. The number of halogens is 3. The summed E-state index contributed by atoms with van der Waals surface area (Å²) in [5, 5.41) is 3.51. The predicted molar refractivity (Wildman–Crippen MR) is 73.4 cm³/mol. The van der Waals surface area contributed by atoms with Gasteiger partial charge in [0.2, 0.25) is 0 Å². The molecule has 2 aromatic rings. The van der Waals surface area contributed by atoms with E-state index >= 15 is 0 Å². The number of nitrogens with one attached hydrogen (secondary N) is 2. The molecule has 18 heavy (non-hydrogen) atoms. The lowest BCUT2D eigenvalue weighted by molar-refractivity contribution is 0.551. The molecule has 1 saturated heterocycles. The van der Waals surface area contributed by atoms with E-state index in [1.807, 2.05) is 0 Å². The standard InChI is InChI=1S/C12H11BrFN3.ClH/c13-7-3-9-10(4-8(7)14)17-11(16-9)12-5-6(12)1-2-15-12;/h3-4,6,15H,1-2,5H2,(H,16,17);1H/t6-,12+;/m1./s1. The third-order valence-corrected chi connectivity index (χ3v) is 4.59. The largest absolute Gasteiger partial charge is 0.340 e. The van der Waals surface area contributed by atoms with Gasteiger partial charge in [0.1, 0.15) is 11.6 Å². The van der Waals surface area contributed by atoms with Gasteiger partial charge in [0.15, 0.2) is 0 Å². The first-order chi connectivity index (χ1) is 8.19.